The zero-order valence-electron chi connectivity index (χ0n) is 7.91. The lowest BCUT2D eigenvalue weighted by Gasteiger charge is -2.01. The Kier molecular flexibility index (Phi) is 2.23. The third kappa shape index (κ3) is 1.37. The minimum absolute atomic E-state index is 0.646. The van der Waals surface area contributed by atoms with E-state index in [1.165, 1.54) is 0 Å². The molecule has 0 aliphatic carbocycles. The van der Waals surface area contributed by atoms with Gasteiger partial charge in [-0.15, -0.1) is 0 Å². The minimum atomic E-state index is 0.646. The molecule has 0 unspecified atom stereocenters. The van der Waals surface area contributed by atoms with E-state index in [0.717, 1.165) is 22.9 Å². The molecule has 1 aromatic carbocycles. The van der Waals surface area contributed by atoms with E-state index in [2.05, 4.69) is 4.98 Å². The summed E-state index contributed by atoms with van der Waals surface area (Å²) in [7, 11) is 0. The second-order valence-corrected chi connectivity index (χ2v) is 3.00. The van der Waals surface area contributed by atoms with Gasteiger partial charge < -0.3 is 9.72 Å². The number of rotatable bonds is 3. The highest BCUT2D eigenvalue weighted by Gasteiger charge is 2.03. The summed E-state index contributed by atoms with van der Waals surface area (Å²) in [5.41, 5.74) is 1.61. The van der Waals surface area contributed by atoms with E-state index in [1.54, 1.807) is 6.20 Å². The van der Waals surface area contributed by atoms with Crippen molar-refractivity contribution in [2.75, 3.05) is 6.61 Å². The Hall–Kier alpha value is -1.77. The van der Waals surface area contributed by atoms with Gasteiger partial charge in [0.1, 0.15) is 5.75 Å². The molecule has 0 spiro atoms. The molecule has 0 saturated carbocycles. The molecule has 3 nitrogen and oxygen atoms in total. The summed E-state index contributed by atoms with van der Waals surface area (Å²) in [6.07, 6.45) is 2.55. The maximum absolute atomic E-state index is 10.6. The molecule has 0 radical (unpaired) electrons. The number of hydrogen-bond donors (Lipinski definition) is 1. The molecule has 0 aliphatic rings. The fourth-order valence-electron chi connectivity index (χ4n) is 1.48. The summed E-state index contributed by atoms with van der Waals surface area (Å²) < 4.78 is 5.35. The van der Waals surface area contributed by atoms with Crippen LogP contribution in [0.25, 0.3) is 10.9 Å². The average molecular weight is 189 g/mol. The smallest absolute Gasteiger partial charge is 0.152 e. The molecule has 0 aliphatic heterocycles. The van der Waals surface area contributed by atoms with Crippen LogP contribution in [-0.4, -0.2) is 17.9 Å². The van der Waals surface area contributed by atoms with Crippen molar-refractivity contribution < 1.29 is 9.53 Å². The Balaban J connectivity index is 2.51. The Labute approximate surface area is 81.7 Å². The van der Waals surface area contributed by atoms with E-state index in [9.17, 15) is 4.79 Å². The number of H-pyrrole nitrogens is 1. The van der Waals surface area contributed by atoms with Crippen LogP contribution in [0.15, 0.2) is 24.4 Å². The van der Waals surface area contributed by atoms with Crippen LogP contribution in [0.2, 0.25) is 0 Å². The van der Waals surface area contributed by atoms with E-state index < -0.39 is 0 Å². The van der Waals surface area contributed by atoms with Crippen molar-refractivity contribution in [3.63, 3.8) is 0 Å². The summed E-state index contributed by atoms with van der Waals surface area (Å²) in [5, 5.41) is 0.934. The van der Waals surface area contributed by atoms with E-state index in [-0.39, 0.29) is 0 Å². The quantitative estimate of drug-likeness (QED) is 0.753. The lowest BCUT2D eigenvalue weighted by molar-refractivity contribution is 0.112. The predicted octanol–water partition coefficient (Wildman–Crippen LogP) is 2.38. The fourth-order valence-corrected chi connectivity index (χ4v) is 1.48. The monoisotopic (exact) mass is 189 g/mol. The van der Waals surface area contributed by atoms with Crippen LogP contribution in [0.3, 0.4) is 0 Å². The molecule has 0 fully saturated rings. The number of aldehydes is 1. The molecule has 2 aromatic rings. The fraction of sp³-hybridized carbons (Fsp3) is 0.182. The van der Waals surface area contributed by atoms with Crippen molar-refractivity contribution in [3.05, 3.63) is 30.0 Å². The number of nitrogens with one attached hydrogen (secondary N) is 1. The summed E-state index contributed by atoms with van der Waals surface area (Å²) in [6.45, 7) is 2.59. The normalized spacial score (nSPS) is 10.4. The van der Waals surface area contributed by atoms with Gasteiger partial charge in [-0.05, 0) is 19.1 Å². The molecule has 1 heterocycles. The molecular formula is C11H11NO2. The van der Waals surface area contributed by atoms with Gasteiger partial charge in [-0.3, -0.25) is 4.79 Å². The van der Waals surface area contributed by atoms with Crippen molar-refractivity contribution >= 4 is 17.2 Å². The number of ether oxygens (including phenoxy) is 1. The lowest BCUT2D eigenvalue weighted by Crippen LogP contribution is -1.90. The Morgan fingerprint density at radius 2 is 2.36 bits per heavy atom. The van der Waals surface area contributed by atoms with Gasteiger partial charge in [-0.25, -0.2) is 0 Å². The van der Waals surface area contributed by atoms with E-state index >= 15 is 0 Å². The molecule has 0 saturated heterocycles. The summed E-state index contributed by atoms with van der Waals surface area (Å²) in [5.74, 6) is 0.819. The number of benzene rings is 1. The van der Waals surface area contributed by atoms with Gasteiger partial charge in [0.15, 0.2) is 6.29 Å². The Morgan fingerprint density at radius 3 is 3.07 bits per heavy atom. The second-order valence-electron chi connectivity index (χ2n) is 3.00. The van der Waals surface area contributed by atoms with Crippen molar-refractivity contribution in [1.29, 1.82) is 0 Å². The maximum atomic E-state index is 10.6. The van der Waals surface area contributed by atoms with Gasteiger partial charge in [0.2, 0.25) is 0 Å². The average Bonchev–Trinajstić information content (AvgIpc) is 2.60. The molecule has 0 atom stereocenters. The van der Waals surface area contributed by atoms with Crippen LogP contribution in [0.5, 0.6) is 5.75 Å². The number of carbonyl (C=O) groups is 1. The van der Waals surface area contributed by atoms with Crippen LogP contribution in [0.1, 0.15) is 17.3 Å². The van der Waals surface area contributed by atoms with Gasteiger partial charge in [-0.2, -0.15) is 0 Å². The minimum Gasteiger partial charge on any atom is -0.494 e. The van der Waals surface area contributed by atoms with Crippen molar-refractivity contribution in [1.82, 2.24) is 4.98 Å². The number of aromatic amines is 1. The zero-order chi connectivity index (χ0) is 9.97. The second kappa shape index (κ2) is 3.54. The summed E-state index contributed by atoms with van der Waals surface area (Å²) in [6, 6.07) is 5.65. The lowest BCUT2D eigenvalue weighted by atomic mass is 10.2. The molecular weight excluding hydrogens is 178 g/mol. The van der Waals surface area contributed by atoms with Crippen molar-refractivity contribution in [3.8, 4) is 5.75 Å². The van der Waals surface area contributed by atoms with Gasteiger partial charge in [0, 0.05) is 28.7 Å². The first-order chi connectivity index (χ1) is 6.85. The van der Waals surface area contributed by atoms with Crippen LogP contribution in [0.4, 0.5) is 0 Å². The first kappa shape index (κ1) is 8.81. The molecule has 2 rings (SSSR count). The van der Waals surface area contributed by atoms with E-state index in [4.69, 9.17) is 4.74 Å². The van der Waals surface area contributed by atoms with Crippen LogP contribution in [-0.2, 0) is 0 Å². The first-order valence-electron chi connectivity index (χ1n) is 4.54. The van der Waals surface area contributed by atoms with Gasteiger partial charge in [0.25, 0.3) is 0 Å². The molecule has 3 heteroatoms. The SMILES string of the molecule is CCOc1ccc2c(C=O)c[nH]c2c1. The highest BCUT2D eigenvalue weighted by molar-refractivity contribution is 5.97. The number of aromatic nitrogens is 1. The van der Waals surface area contributed by atoms with Gasteiger partial charge >= 0.3 is 0 Å². The Morgan fingerprint density at radius 1 is 1.50 bits per heavy atom. The molecule has 0 bridgehead atoms. The van der Waals surface area contributed by atoms with Crippen molar-refractivity contribution in [2.45, 2.75) is 6.92 Å². The summed E-state index contributed by atoms with van der Waals surface area (Å²) in [4.78, 5) is 13.7. The number of carbonyl (C=O) groups excluding carboxylic acids is 1. The maximum Gasteiger partial charge on any atom is 0.152 e. The highest BCUT2D eigenvalue weighted by atomic mass is 16.5. The third-order valence-electron chi connectivity index (χ3n) is 2.12. The van der Waals surface area contributed by atoms with Crippen LogP contribution < -0.4 is 4.74 Å². The van der Waals surface area contributed by atoms with Crippen LogP contribution in [0, 0.1) is 0 Å². The van der Waals surface area contributed by atoms with Crippen LogP contribution >= 0.6 is 0 Å². The van der Waals surface area contributed by atoms with E-state index in [1.807, 2.05) is 25.1 Å². The molecule has 1 N–H and O–H groups in total. The molecule has 1 aromatic heterocycles. The highest BCUT2D eigenvalue weighted by Crippen LogP contribution is 2.22. The first-order valence-corrected chi connectivity index (χ1v) is 4.54. The zero-order valence-corrected chi connectivity index (χ0v) is 7.91. The number of hydrogen-bond acceptors (Lipinski definition) is 2. The molecule has 0 amide bonds. The Bertz CT molecular complexity index is 459. The topological polar surface area (TPSA) is 42.1 Å². The third-order valence-corrected chi connectivity index (χ3v) is 2.12. The molecule has 72 valence electrons. The van der Waals surface area contributed by atoms with E-state index in [0.29, 0.717) is 12.2 Å². The summed E-state index contributed by atoms with van der Waals surface area (Å²) >= 11 is 0. The standard InChI is InChI=1S/C11H11NO2/c1-2-14-9-3-4-10-8(7-13)6-12-11(10)5-9/h3-7,12H,2H2,1H3. The molecule has 14 heavy (non-hydrogen) atoms. The largest absolute Gasteiger partial charge is 0.494 e. The number of fused-ring (bicyclic) bond motifs is 1. The van der Waals surface area contributed by atoms with Crippen molar-refractivity contribution in [2.24, 2.45) is 0 Å². The van der Waals surface area contributed by atoms with Gasteiger partial charge in [-0.1, -0.05) is 0 Å². The van der Waals surface area contributed by atoms with Gasteiger partial charge in [0.05, 0.1) is 6.61 Å². The predicted molar refractivity (Wildman–Crippen MR) is 54.9 cm³/mol.